The van der Waals surface area contributed by atoms with Crippen LogP contribution in [0.4, 0.5) is 0 Å². The lowest BCUT2D eigenvalue weighted by Crippen LogP contribution is -2.26. The third-order valence-corrected chi connectivity index (χ3v) is 5.89. The number of benzene rings is 1. The number of sulfonamides is 1. The fraction of sp³-hybridized carbons (Fsp3) is 0.182. The lowest BCUT2D eigenvalue weighted by molar-refractivity contribution is 0.569. The van der Waals surface area contributed by atoms with Crippen molar-refractivity contribution in [3.8, 4) is 0 Å². The van der Waals surface area contributed by atoms with Crippen LogP contribution in [-0.4, -0.2) is 13.4 Å². The van der Waals surface area contributed by atoms with Crippen molar-refractivity contribution in [3.05, 3.63) is 45.5 Å². The molecule has 19 heavy (non-hydrogen) atoms. The SMILES string of the molecule is CC(NS(=O)(=O)c1cnc(Cl)s1)c1ccccc1Cl. The molecule has 0 aliphatic rings. The Morgan fingerprint density at radius 2 is 2.00 bits per heavy atom. The summed E-state index contributed by atoms with van der Waals surface area (Å²) < 4.78 is 27.0. The molecule has 102 valence electrons. The maximum absolute atomic E-state index is 12.1. The minimum absolute atomic E-state index is 0.0800. The van der Waals surface area contributed by atoms with E-state index in [1.807, 2.05) is 0 Å². The predicted octanol–water partition coefficient (Wildman–Crippen LogP) is 3.49. The number of nitrogens with zero attached hydrogens (tertiary/aromatic N) is 1. The Hall–Kier alpha value is -0.660. The molecule has 2 rings (SSSR count). The lowest BCUT2D eigenvalue weighted by Gasteiger charge is -2.14. The van der Waals surface area contributed by atoms with Crippen LogP contribution in [0.3, 0.4) is 0 Å². The smallest absolute Gasteiger partial charge is 0.232 e. The summed E-state index contributed by atoms with van der Waals surface area (Å²) in [5.41, 5.74) is 0.711. The summed E-state index contributed by atoms with van der Waals surface area (Å²) in [5.74, 6) is 0. The van der Waals surface area contributed by atoms with Crippen LogP contribution >= 0.6 is 34.5 Å². The number of hydrogen-bond acceptors (Lipinski definition) is 4. The van der Waals surface area contributed by atoms with E-state index in [2.05, 4.69) is 9.71 Å². The van der Waals surface area contributed by atoms with Crippen LogP contribution < -0.4 is 4.72 Å². The van der Waals surface area contributed by atoms with E-state index in [9.17, 15) is 8.42 Å². The second-order valence-corrected chi connectivity index (χ2v) is 7.76. The standard InChI is InChI=1S/C11H10Cl2N2O2S2/c1-7(8-4-2-3-5-9(8)12)15-19(16,17)10-6-14-11(13)18-10/h2-7,15H,1H3. The Balaban J connectivity index is 2.24. The highest BCUT2D eigenvalue weighted by Crippen LogP contribution is 2.26. The van der Waals surface area contributed by atoms with Gasteiger partial charge in [-0.25, -0.2) is 18.1 Å². The molecule has 0 amide bonds. The van der Waals surface area contributed by atoms with Gasteiger partial charge in [-0.3, -0.25) is 0 Å². The second kappa shape index (κ2) is 5.76. The molecule has 0 radical (unpaired) electrons. The molecule has 0 spiro atoms. The monoisotopic (exact) mass is 336 g/mol. The number of halogens is 2. The maximum atomic E-state index is 12.1. The highest BCUT2D eigenvalue weighted by Gasteiger charge is 2.21. The summed E-state index contributed by atoms with van der Waals surface area (Å²) >= 11 is 12.6. The van der Waals surface area contributed by atoms with E-state index in [-0.39, 0.29) is 8.68 Å². The Kier molecular flexibility index (Phi) is 4.47. The summed E-state index contributed by atoms with van der Waals surface area (Å²) in [4.78, 5) is 3.72. The summed E-state index contributed by atoms with van der Waals surface area (Å²) in [6, 6.07) is 6.63. The van der Waals surface area contributed by atoms with Gasteiger partial charge in [0, 0.05) is 11.1 Å². The zero-order valence-corrected chi connectivity index (χ0v) is 12.9. The minimum atomic E-state index is -3.64. The van der Waals surface area contributed by atoms with E-state index in [0.717, 1.165) is 11.3 Å². The van der Waals surface area contributed by atoms with Gasteiger partial charge in [-0.1, -0.05) is 52.7 Å². The van der Waals surface area contributed by atoms with E-state index in [1.165, 1.54) is 6.20 Å². The fourth-order valence-corrected chi connectivity index (χ4v) is 4.38. The number of aromatic nitrogens is 1. The third-order valence-electron chi connectivity index (χ3n) is 2.42. The van der Waals surface area contributed by atoms with Crippen molar-refractivity contribution < 1.29 is 8.42 Å². The Labute approximate surface area is 125 Å². The van der Waals surface area contributed by atoms with Gasteiger partial charge in [0.1, 0.15) is 0 Å². The molecule has 0 saturated carbocycles. The minimum Gasteiger partial charge on any atom is -0.232 e. The first-order chi connectivity index (χ1) is 8.90. The van der Waals surface area contributed by atoms with Gasteiger partial charge in [-0.2, -0.15) is 0 Å². The number of nitrogens with one attached hydrogen (secondary N) is 1. The van der Waals surface area contributed by atoms with Gasteiger partial charge in [0.25, 0.3) is 10.0 Å². The van der Waals surface area contributed by atoms with Gasteiger partial charge >= 0.3 is 0 Å². The molecule has 0 fully saturated rings. The molecule has 1 atom stereocenters. The predicted molar refractivity (Wildman–Crippen MR) is 77.3 cm³/mol. The highest BCUT2D eigenvalue weighted by molar-refractivity contribution is 7.91. The topological polar surface area (TPSA) is 59.1 Å². The van der Waals surface area contributed by atoms with Gasteiger partial charge in [0.2, 0.25) is 0 Å². The van der Waals surface area contributed by atoms with Crippen molar-refractivity contribution in [2.24, 2.45) is 0 Å². The van der Waals surface area contributed by atoms with Crippen LogP contribution in [0.1, 0.15) is 18.5 Å². The quantitative estimate of drug-likeness (QED) is 0.929. The summed E-state index contributed by atoms with van der Waals surface area (Å²) in [5, 5.41) is 0.514. The molecule has 0 aliphatic carbocycles. The molecule has 1 unspecified atom stereocenters. The molecule has 0 saturated heterocycles. The van der Waals surface area contributed by atoms with Crippen LogP contribution in [0.2, 0.25) is 9.49 Å². The molecule has 1 N–H and O–H groups in total. The fourth-order valence-electron chi connectivity index (χ4n) is 1.54. The van der Waals surface area contributed by atoms with Gasteiger partial charge in [-0.05, 0) is 18.6 Å². The lowest BCUT2D eigenvalue weighted by atomic mass is 10.1. The van der Waals surface area contributed by atoms with Crippen molar-refractivity contribution in [2.45, 2.75) is 17.2 Å². The van der Waals surface area contributed by atoms with Gasteiger partial charge in [0.05, 0.1) is 6.20 Å². The van der Waals surface area contributed by atoms with E-state index < -0.39 is 16.1 Å². The molecular weight excluding hydrogens is 327 g/mol. The van der Waals surface area contributed by atoms with Crippen LogP contribution in [0, 0.1) is 0 Å². The summed E-state index contributed by atoms with van der Waals surface area (Å²) in [7, 11) is -3.64. The molecule has 2 aromatic rings. The first-order valence-corrected chi connectivity index (χ1v) is 8.34. The van der Waals surface area contributed by atoms with E-state index >= 15 is 0 Å². The highest BCUT2D eigenvalue weighted by atomic mass is 35.5. The average molecular weight is 337 g/mol. The Morgan fingerprint density at radius 3 is 2.58 bits per heavy atom. The largest absolute Gasteiger partial charge is 0.252 e. The van der Waals surface area contributed by atoms with Gasteiger partial charge < -0.3 is 0 Å². The van der Waals surface area contributed by atoms with Crippen LogP contribution in [-0.2, 0) is 10.0 Å². The second-order valence-electron chi connectivity index (χ2n) is 3.80. The average Bonchev–Trinajstić information content (AvgIpc) is 2.76. The van der Waals surface area contributed by atoms with Crippen molar-refractivity contribution in [2.75, 3.05) is 0 Å². The zero-order valence-electron chi connectivity index (χ0n) is 9.80. The molecule has 1 aromatic heterocycles. The first-order valence-electron chi connectivity index (χ1n) is 5.28. The molecule has 8 heteroatoms. The normalized spacial score (nSPS) is 13.4. The zero-order chi connectivity index (χ0) is 14.0. The van der Waals surface area contributed by atoms with Crippen LogP contribution in [0.25, 0.3) is 0 Å². The Morgan fingerprint density at radius 1 is 1.32 bits per heavy atom. The first kappa shape index (κ1) is 14.7. The van der Waals surface area contributed by atoms with Crippen molar-refractivity contribution in [1.29, 1.82) is 0 Å². The molecule has 4 nitrogen and oxygen atoms in total. The van der Waals surface area contributed by atoms with Crippen LogP contribution in [0.5, 0.6) is 0 Å². The molecule has 1 heterocycles. The van der Waals surface area contributed by atoms with Crippen molar-refractivity contribution >= 4 is 44.6 Å². The maximum Gasteiger partial charge on any atom is 0.252 e. The van der Waals surface area contributed by atoms with Crippen molar-refractivity contribution in [1.82, 2.24) is 9.71 Å². The number of rotatable bonds is 4. The van der Waals surface area contributed by atoms with Crippen LogP contribution in [0.15, 0.2) is 34.7 Å². The molecule has 1 aromatic carbocycles. The van der Waals surface area contributed by atoms with Crippen molar-refractivity contribution in [3.63, 3.8) is 0 Å². The molecule has 0 aliphatic heterocycles. The third kappa shape index (κ3) is 3.46. The van der Waals surface area contributed by atoms with E-state index in [4.69, 9.17) is 23.2 Å². The van der Waals surface area contributed by atoms with Gasteiger partial charge in [0.15, 0.2) is 8.68 Å². The summed E-state index contributed by atoms with van der Waals surface area (Å²) in [6.07, 6.45) is 1.23. The van der Waals surface area contributed by atoms with Gasteiger partial charge in [-0.15, -0.1) is 0 Å². The Bertz CT molecular complexity index is 686. The van der Waals surface area contributed by atoms with E-state index in [1.54, 1.807) is 31.2 Å². The van der Waals surface area contributed by atoms with E-state index in [0.29, 0.717) is 10.6 Å². The number of hydrogen-bond donors (Lipinski definition) is 1. The number of thiazole rings is 1. The molecule has 0 bridgehead atoms. The summed E-state index contributed by atoms with van der Waals surface area (Å²) in [6.45, 7) is 1.72. The molecular formula is C11H10Cl2N2O2S2.